The predicted molar refractivity (Wildman–Crippen MR) is 72.0 cm³/mol. The summed E-state index contributed by atoms with van der Waals surface area (Å²) < 4.78 is 7.54. The molecule has 3 heterocycles. The van der Waals surface area contributed by atoms with E-state index in [9.17, 15) is 9.90 Å². The molecule has 0 amide bonds. The molecule has 0 aliphatic carbocycles. The number of nitrogens with one attached hydrogen (secondary N) is 1. The molecule has 0 radical (unpaired) electrons. The molecule has 8 nitrogen and oxygen atoms in total. The highest BCUT2D eigenvalue weighted by molar-refractivity contribution is 5.70. The first-order valence-corrected chi connectivity index (χ1v) is 6.41. The second-order valence-electron chi connectivity index (χ2n) is 5.76. The summed E-state index contributed by atoms with van der Waals surface area (Å²) in [6.45, 7) is 4.04. The lowest BCUT2D eigenvalue weighted by Gasteiger charge is -2.26. The highest BCUT2D eigenvalue weighted by Crippen LogP contribution is 2.45. The lowest BCUT2D eigenvalue weighted by Crippen LogP contribution is -2.23. The number of nitrogens with zero attached hydrogens (tertiary/aromatic N) is 3. The quantitative estimate of drug-likeness (QED) is 0.712. The molecule has 1 aliphatic rings. The maximum atomic E-state index is 11.8. The van der Waals surface area contributed by atoms with Gasteiger partial charge in [0, 0.05) is 5.41 Å². The third kappa shape index (κ3) is 1.88. The zero-order chi connectivity index (χ0) is 14.5. The van der Waals surface area contributed by atoms with Gasteiger partial charge in [-0.1, -0.05) is 13.8 Å². The first kappa shape index (κ1) is 13.1. The summed E-state index contributed by atoms with van der Waals surface area (Å²) in [5, 5.41) is 9.27. The molecule has 0 bridgehead atoms. The maximum Gasteiger partial charge on any atom is 0.280 e. The van der Waals surface area contributed by atoms with Gasteiger partial charge in [0.25, 0.3) is 5.56 Å². The molecular formula is C12H17N5O3. The average molecular weight is 279 g/mol. The van der Waals surface area contributed by atoms with Crippen LogP contribution < -0.4 is 11.3 Å². The SMILES string of the molecule is CC1(C)C[C@@H](CO)O[C@H]1n1cnc2c(=O)[nH]c(N)nc21. The van der Waals surface area contributed by atoms with Crippen molar-refractivity contribution in [1.29, 1.82) is 0 Å². The lowest BCUT2D eigenvalue weighted by atomic mass is 9.87. The van der Waals surface area contributed by atoms with E-state index in [-0.39, 0.29) is 41.4 Å². The van der Waals surface area contributed by atoms with Crippen molar-refractivity contribution in [2.75, 3.05) is 12.3 Å². The molecule has 1 aliphatic heterocycles. The van der Waals surface area contributed by atoms with Crippen LogP contribution in [-0.4, -0.2) is 37.3 Å². The van der Waals surface area contributed by atoms with Gasteiger partial charge in [-0.15, -0.1) is 0 Å². The van der Waals surface area contributed by atoms with Crippen LogP contribution in [0.5, 0.6) is 0 Å². The van der Waals surface area contributed by atoms with Crippen LogP contribution in [0, 0.1) is 5.41 Å². The van der Waals surface area contributed by atoms with Crippen molar-refractivity contribution < 1.29 is 9.84 Å². The van der Waals surface area contributed by atoms with Crippen molar-refractivity contribution in [2.24, 2.45) is 5.41 Å². The van der Waals surface area contributed by atoms with Crippen molar-refractivity contribution in [2.45, 2.75) is 32.6 Å². The fraction of sp³-hybridized carbons (Fsp3) is 0.583. The molecule has 0 spiro atoms. The Morgan fingerprint density at radius 3 is 3.05 bits per heavy atom. The van der Waals surface area contributed by atoms with E-state index in [4.69, 9.17) is 10.5 Å². The van der Waals surface area contributed by atoms with Crippen molar-refractivity contribution in [3.8, 4) is 0 Å². The number of H-pyrrole nitrogens is 1. The van der Waals surface area contributed by atoms with Crippen LogP contribution in [0.25, 0.3) is 11.2 Å². The molecule has 2 aromatic heterocycles. The number of aliphatic hydroxyl groups excluding tert-OH is 1. The van der Waals surface area contributed by atoms with Crippen LogP contribution in [0.2, 0.25) is 0 Å². The Hall–Kier alpha value is -1.93. The second kappa shape index (κ2) is 4.29. The Morgan fingerprint density at radius 2 is 2.40 bits per heavy atom. The first-order valence-electron chi connectivity index (χ1n) is 6.41. The number of fused-ring (bicyclic) bond motifs is 1. The molecular weight excluding hydrogens is 262 g/mol. The number of hydrogen-bond donors (Lipinski definition) is 3. The monoisotopic (exact) mass is 279 g/mol. The van der Waals surface area contributed by atoms with E-state index in [1.807, 2.05) is 13.8 Å². The van der Waals surface area contributed by atoms with Crippen LogP contribution in [0.4, 0.5) is 5.95 Å². The van der Waals surface area contributed by atoms with Gasteiger partial charge in [0.05, 0.1) is 19.0 Å². The van der Waals surface area contributed by atoms with Gasteiger partial charge in [0.15, 0.2) is 11.2 Å². The standard InChI is InChI=1S/C12H17N5O3/c1-12(2)3-6(4-18)20-10(12)17-5-14-7-8(17)15-11(13)16-9(7)19/h5-6,10,18H,3-4H2,1-2H3,(H3,13,15,16,19)/t6-,10+/m0/s1. The third-order valence-corrected chi connectivity index (χ3v) is 3.65. The topological polar surface area (TPSA) is 119 Å². The first-order chi connectivity index (χ1) is 9.42. The van der Waals surface area contributed by atoms with E-state index in [1.54, 1.807) is 4.57 Å². The number of nitrogens with two attached hydrogens (primary N) is 1. The average Bonchev–Trinajstić information content (AvgIpc) is 2.89. The minimum atomic E-state index is -0.374. The van der Waals surface area contributed by atoms with Crippen molar-refractivity contribution in [3.63, 3.8) is 0 Å². The lowest BCUT2D eigenvalue weighted by molar-refractivity contribution is -0.0447. The molecule has 8 heteroatoms. The third-order valence-electron chi connectivity index (χ3n) is 3.65. The largest absolute Gasteiger partial charge is 0.394 e. The van der Waals surface area contributed by atoms with Gasteiger partial charge < -0.3 is 15.6 Å². The molecule has 1 saturated heterocycles. The number of aromatic amines is 1. The van der Waals surface area contributed by atoms with Crippen LogP contribution in [-0.2, 0) is 4.74 Å². The predicted octanol–water partition coefficient (Wildman–Crippen LogP) is 0.00780. The summed E-state index contributed by atoms with van der Waals surface area (Å²) in [7, 11) is 0. The van der Waals surface area contributed by atoms with E-state index in [0.717, 1.165) is 0 Å². The summed E-state index contributed by atoms with van der Waals surface area (Å²) in [6.07, 6.45) is 1.66. The second-order valence-corrected chi connectivity index (χ2v) is 5.76. The van der Waals surface area contributed by atoms with Gasteiger partial charge in [-0.05, 0) is 6.42 Å². The molecule has 0 saturated carbocycles. The molecule has 108 valence electrons. The Kier molecular flexibility index (Phi) is 2.80. The van der Waals surface area contributed by atoms with E-state index in [0.29, 0.717) is 12.1 Å². The zero-order valence-corrected chi connectivity index (χ0v) is 11.3. The van der Waals surface area contributed by atoms with Crippen molar-refractivity contribution >= 4 is 17.1 Å². The van der Waals surface area contributed by atoms with Gasteiger partial charge in [-0.3, -0.25) is 14.3 Å². The fourth-order valence-corrected chi connectivity index (χ4v) is 2.77. The number of imidazole rings is 1. The van der Waals surface area contributed by atoms with Crippen LogP contribution in [0.1, 0.15) is 26.5 Å². The summed E-state index contributed by atoms with van der Waals surface area (Å²) >= 11 is 0. The summed E-state index contributed by atoms with van der Waals surface area (Å²) in [6, 6.07) is 0. The molecule has 0 aromatic carbocycles. The molecule has 2 aromatic rings. The Balaban J connectivity index is 2.13. The van der Waals surface area contributed by atoms with Crippen molar-refractivity contribution in [3.05, 3.63) is 16.7 Å². The van der Waals surface area contributed by atoms with Gasteiger partial charge >= 0.3 is 0 Å². The fourth-order valence-electron chi connectivity index (χ4n) is 2.77. The summed E-state index contributed by atoms with van der Waals surface area (Å²) in [5.41, 5.74) is 5.62. The molecule has 2 atom stereocenters. The van der Waals surface area contributed by atoms with Gasteiger partial charge in [0.2, 0.25) is 5.95 Å². The van der Waals surface area contributed by atoms with E-state index >= 15 is 0 Å². The Morgan fingerprint density at radius 1 is 1.65 bits per heavy atom. The molecule has 20 heavy (non-hydrogen) atoms. The van der Waals surface area contributed by atoms with Gasteiger partial charge in [-0.2, -0.15) is 4.98 Å². The number of anilines is 1. The van der Waals surface area contributed by atoms with E-state index in [1.165, 1.54) is 6.33 Å². The summed E-state index contributed by atoms with van der Waals surface area (Å²) in [5.74, 6) is 0.0405. The van der Waals surface area contributed by atoms with Gasteiger partial charge in [-0.25, -0.2) is 4.98 Å². The minimum Gasteiger partial charge on any atom is -0.394 e. The smallest absolute Gasteiger partial charge is 0.280 e. The highest BCUT2D eigenvalue weighted by Gasteiger charge is 2.43. The number of hydrogen-bond acceptors (Lipinski definition) is 6. The van der Waals surface area contributed by atoms with Crippen LogP contribution in [0.3, 0.4) is 0 Å². The van der Waals surface area contributed by atoms with Crippen LogP contribution in [0.15, 0.2) is 11.1 Å². The number of ether oxygens (including phenoxy) is 1. The Labute approximate surface area is 114 Å². The van der Waals surface area contributed by atoms with Crippen molar-refractivity contribution in [1.82, 2.24) is 19.5 Å². The number of rotatable bonds is 2. The van der Waals surface area contributed by atoms with E-state index in [2.05, 4.69) is 15.0 Å². The number of nitrogen functional groups attached to an aromatic ring is 1. The zero-order valence-electron chi connectivity index (χ0n) is 11.3. The number of aliphatic hydroxyl groups is 1. The molecule has 1 fully saturated rings. The normalized spacial score (nSPS) is 25.4. The Bertz CT molecular complexity index is 705. The molecule has 0 unspecified atom stereocenters. The highest BCUT2D eigenvalue weighted by atomic mass is 16.5. The van der Waals surface area contributed by atoms with Gasteiger partial charge in [0.1, 0.15) is 6.23 Å². The van der Waals surface area contributed by atoms with Crippen LogP contribution >= 0.6 is 0 Å². The molecule has 4 N–H and O–H groups in total. The number of aromatic nitrogens is 4. The maximum absolute atomic E-state index is 11.8. The van der Waals surface area contributed by atoms with E-state index < -0.39 is 0 Å². The minimum absolute atomic E-state index is 0.0390. The molecule has 3 rings (SSSR count). The summed E-state index contributed by atoms with van der Waals surface area (Å²) in [4.78, 5) is 22.4.